The van der Waals surface area contributed by atoms with E-state index in [4.69, 9.17) is 16.3 Å². The Bertz CT molecular complexity index is 590. The number of methoxy groups -OCH3 is 1. The lowest BCUT2D eigenvalue weighted by molar-refractivity contribution is 0.414. The lowest BCUT2D eigenvalue weighted by Gasteiger charge is -2.09. The van der Waals surface area contributed by atoms with Crippen molar-refractivity contribution in [3.05, 3.63) is 46.8 Å². The van der Waals surface area contributed by atoms with Crippen LogP contribution in [0, 0.1) is 13.8 Å². The molecule has 0 N–H and O–H groups in total. The first-order valence-electron chi connectivity index (χ1n) is 7.37. The van der Waals surface area contributed by atoms with Crippen LogP contribution in [-0.4, -0.2) is 16.9 Å². The van der Waals surface area contributed by atoms with Crippen molar-refractivity contribution >= 4 is 11.6 Å². The van der Waals surface area contributed by atoms with Gasteiger partial charge in [0.2, 0.25) is 0 Å². The Morgan fingerprint density at radius 2 is 1.90 bits per heavy atom. The van der Waals surface area contributed by atoms with Gasteiger partial charge >= 0.3 is 0 Å². The lowest BCUT2D eigenvalue weighted by Crippen LogP contribution is -2.06. The summed E-state index contributed by atoms with van der Waals surface area (Å²) in [6.07, 6.45) is 1.87. The summed E-state index contributed by atoms with van der Waals surface area (Å²) in [6, 6.07) is 8.19. The van der Waals surface area contributed by atoms with E-state index >= 15 is 0 Å². The van der Waals surface area contributed by atoms with Crippen molar-refractivity contribution in [3.8, 4) is 5.75 Å². The summed E-state index contributed by atoms with van der Waals surface area (Å²) < 4.78 is 7.25. The average Bonchev–Trinajstić information content (AvgIpc) is 2.79. The molecule has 0 fully saturated rings. The van der Waals surface area contributed by atoms with Gasteiger partial charge in [-0.05, 0) is 44.4 Å². The summed E-state index contributed by atoms with van der Waals surface area (Å²) in [5, 5.41) is 4.69. The SMILES string of the molecule is CCC(Cl)c1c(C)nn(CCc2ccc(OC)cc2)c1C. The van der Waals surface area contributed by atoms with E-state index in [1.54, 1.807) is 7.11 Å². The molecule has 1 aromatic heterocycles. The molecule has 4 heteroatoms. The van der Waals surface area contributed by atoms with Gasteiger partial charge in [-0.15, -0.1) is 11.6 Å². The molecular weight excluding hydrogens is 284 g/mol. The number of benzene rings is 1. The van der Waals surface area contributed by atoms with Gasteiger partial charge in [0.25, 0.3) is 0 Å². The number of alkyl halides is 1. The first-order valence-corrected chi connectivity index (χ1v) is 7.81. The summed E-state index contributed by atoms with van der Waals surface area (Å²) >= 11 is 6.40. The van der Waals surface area contributed by atoms with Crippen LogP contribution in [0.5, 0.6) is 5.75 Å². The topological polar surface area (TPSA) is 27.1 Å². The van der Waals surface area contributed by atoms with Crippen LogP contribution in [0.2, 0.25) is 0 Å². The van der Waals surface area contributed by atoms with E-state index in [0.29, 0.717) is 0 Å². The number of aryl methyl sites for hydroxylation is 3. The van der Waals surface area contributed by atoms with Gasteiger partial charge in [-0.1, -0.05) is 19.1 Å². The molecule has 2 rings (SSSR count). The Hall–Kier alpha value is -1.48. The molecule has 0 spiro atoms. The molecule has 1 heterocycles. The van der Waals surface area contributed by atoms with E-state index in [1.807, 2.05) is 19.1 Å². The van der Waals surface area contributed by atoms with Crippen LogP contribution in [0.3, 0.4) is 0 Å². The van der Waals surface area contributed by atoms with Gasteiger partial charge < -0.3 is 4.74 Å². The third-order valence-corrected chi connectivity index (χ3v) is 4.41. The quantitative estimate of drug-likeness (QED) is 0.738. The molecule has 3 nitrogen and oxygen atoms in total. The van der Waals surface area contributed by atoms with Crippen molar-refractivity contribution in [3.63, 3.8) is 0 Å². The van der Waals surface area contributed by atoms with Crippen LogP contribution in [0.15, 0.2) is 24.3 Å². The molecule has 0 aliphatic heterocycles. The Balaban J connectivity index is 2.09. The second kappa shape index (κ2) is 6.99. The lowest BCUT2D eigenvalue weighted by atomic mass is 10.1. The van der Waals surface area contributed by atoms with Gasteiger partial charge in [0.1, 0.15) is 5.75 Å². The summed E-state index contributed by atoms with van der Waals surface area (Å²) in [6.45, 7) is 7.11. The van der Waals surface area contributed by atoms with Crippen molar-refractivity contribution in [2.24, 2.45) is 0 Å². The fourth-order valence-corrected chi connectivity index (χ4v) is 2.93. The molecule has 0 aliphatic rings. The minimum Gasteiger partial charge on any atom is -0.497 e. The monoisotopic (exact) mass is 306 g/mol. The highest BCUT2D eigenvalue weighted by Gasteiger charge is 2.17. The molecule has 114 valence electrons. The second-order valence-electron chi connectivity index (χ2n) is 5.28. The molecule has 0 saturated heterocycles. The van der Waals surface area contributed by atoms with Crippen LogP contribution < -0.4 is 4.74 Å². The van der Waals surface area contributed by atoms with E-state index in [1.165, 1.54) is 16.8 Å². The van der Waals surface area contributed by atoms with Crippen molar-refractivity contribution in [2.75, 3.05) is 7.11 Å². The number of hydrogen-bond acceptors (Lipinski definition) is 2. The molecule has 0 aliphatic carbocycles. The minimum atomic E-state index is 0.0553. The second-order valence-corrected chi connectivity index (χ2v) is 5.81. The molecule has 2 aromatic rings. The van der Waals surface area contributed by atoms with Crippen LogP contribution in [0.1, 0.15) is 41.2 Å². The fourth-order valence-electron chi connectivity index (χ4n) is 2.61. The van der Waals surface area contributed by atoms with Crippen LogP contribution in [0.25, 0.3) is 0 Å². The zero-order chi connectivity index (χ0) is 15.4. The third-order valence-electron chi connectivity index (χ3n) is 3.88. The van der Waals surface area contributed by atoms with Crippen molar-refractivity contribution in [1.82, 2.24) is 9.78 Å². The number of ether oxygens (including phenoxy) is 1. The van der Waals surface area contributed by atoms with Gasteiger partial charge in [0.15, 0.2) is 0 Å². The Kier molecular flexibility index (Phi) is 5.29. The predicted molar refractivity (Wildman–Crippen MR) is 87.3 cm³/mol. The van der Waals surface area contributed by atoms with Crippen LogP contribution in [-0.2, 0) is 13.0 Å². The van der Waals surface area contributed by atoms with Gasteiger partial charge in [0.05, 0.1) is 18.2 Å². The highest BCUT2D eigenvalue weighted by molar-refractivity contribution is 6.20. The number of nitrogens with zero attached hydrogens (tertiary/aromatic N) is 2. The molecule has 0 radical (unpaired) electrons. The summed E-state index contributed by atoms with van der Waals surface area (Å²) in [5.74, 6) is 0.889. The maximum absolute atomic E-state index is 6.40. The Morgan fingerprint density at radius 3 is 2.48 bits per heavy atom. The maximum atomic E-state index is 6.40. The van der Waals surface area contributed by atoms with E-state index in [-0.39, 0.29) is 5.38 Å². The van der Waals surface area contributed by atoms with E-state index in [0.717, 1.165) is 30.8 Å². The molecule has 1 unspecified atom stereocenters. The van der Waals surface area contributed by atoms with Crippen LogP contribution >= 0.6 is 11.6 Å². The summed E-state index contributed by atoms with van der Waals surface area (Å²) in [5.41, 5.74) is 4.70. The van der Waals surface area contributed by atoms with E-state index < -0.39 is 0 Å². The van der Waals surface area contributed by atoms with E-state index in [2.05, 4.69) is 35.8 Å². The number of rotatable bonds is 6. The predicted octanol–water partition coefficient (Wildman–Crippen LogP) is 4.44. The van der Waals surface area contributed by atoms with Gasteiger partial charge in [-0.25, -0.2) is 0 Å². The number of halogens is 1. The largest absolute Gasteiger partial charge is 0.497 e. The number of aromatic nitrogens is 2. The third kappa shape index (κ3) is 3.59. The molecule has 21 heavy (non-hydrogen) atoms. The zero-order valence-corrected chi connectivity index (χ0v) is 13.9. The normalized spacial score (nSPS) is 12.4. The highest BCUT2D eigenvalue weighted by atomic mass is 35.5. The smallest absolute Gasteiger partial charge is 0.118 e. The fraction of sp³-hybridized carbons (Fsp3) is 0.471. The molecule has 1 atom stereocenters. The molecule has 0 bridgehead atoms. The van der Waals surface area contributed by atoms with Crippen molar-refractivity contribution < 1.29 is 4.74 Å². The Morgan fingerprint density at radius 1 is 1.24 bits per heavy atom. The van der Waals surface area contributed by atoms with Crippen molar-refractivity contribution in [2.45, 2.75) is 45.5 Å². The van der Waals surface area contributed by atoms with Crippen LogP contribution in [0.4, 0.5) is 0 Å². The summed E-state index contributed by atoms with van der Waals surface area (Å²) in [4.78, 5) is 0. The highest BCUT2D eigenvalue weighted by Crippen LogP contribution is 2.29. The minimum absolute atomic E-state index is 0.0553. The first-order chi connectivity index (χ1) is 10.1. The zero-order valence-electron chi connectivity index (χ0n) is 13.2. The average molecular weight is 307 g/mol. The van der Waals surface area contributed by atoms with E-state index in [9.17, 15) is 0 Å². The standard InChI is InChI=1S/C17H23ClN2O/c1-5-16(18)17-12(2)19-20(13(17)3)11-10-14-6-8-15(21-4)9-7-14/h6-9,16H,5,10-11H2,1-4H3. The molecule has 0 amide bonds. The molecule has 1 aromatic carbocycles. The van der Waals surface area contributed by atoms with Gasteiger partial charge in [0, 0.05) is 17.8 Å². The Labute approximate surface area is 131 Å². The van der Waals surface area contributed by atoms with Gasteiger partial charge in [-0.2, -0.15) is 5.10 Å². The first kappa shape index (κ1) is 15.9. The molecule has 0 saturated carbocycles. The maximum Gasteiger partial charge on any atom is 0.118 e. The summed E-state index contributed by atoms with van der Waals surface area (Å²) in [7, 11) is 1.68. The molecular formula is C17H23ClN2O. The van der Waals surface area contributed by atoms with Crippen molar-refractivity contribution in [1.29, 1.82) is 0 Å². The number of hydrogen-bond donors (Lipinski definition) is 0. The van der Waals surface area contributed by atoms with Gasteiger partial charge in [-0.3, -0.25) is 4.68 Å².